The molecular formula is C23H19FN6O2. The molecule has 5 rings (SSSR count). The Kier molecular flexibility index (Phi) is 4.85. The number of anilines is 1. The lowest BCUT2D eigenvalue weighted by Crippen LogP contribution is -2.25. The zero-order valence-electron chi connectivity index (χ0n) is 17.4. The van der Waals surface area contributed by atoms with Crippen LogP contribution in [-0.2, 0) is 4.79 Å². The maximum absolute atomic E-state index is 13.4. The van der Waals surface area contributed by atoms with E-state index in [0.29, 0.717) is 17.3 Å². The third-order valence-electron chi connectivity index (χ3n) is 5.48. The van der Waals surface area contributed by atoms with E-state index in [9.17, 15) is 9.18 Å². The van der Waals surface area contributed by atoms with E-state index in [2.05, 4.69) is 25.6 Å². The molecule has 0 saturated carbocycles. The van der Waals surface area contributed by atoms with Crippen molar-refractivity contribution in [2.24, 2.45) is 0 Å². The number of aromatic nitrogens is 5. The molecule has 160 valence electrons. The number of hydrogen-bond donors (Lipinski definition) is 1. The summed E-state index contributed by atoms with van der Waals surface area (Å²) in [6.07, 6.45) is 1.80. The third-order valence-corrected chi connectivity index (χ3v) is 5.48. The number of carbonyl (C=O) groups excluding carboxylic acids is 1. The predicted molar refractivity (Wildman–Crippen MR) is 115 cm³/mol. The molecule has 1 aliphatic rings. The van der Waals surface area contributed by atoms with E-state index in [0.717, 1.165) is 22.4 Å². The van der Waals surface area contributed by atoms with Gasteiger partial charge in [-0.05, 0) is 36.8 Å². The first-order valence-corrected chi connectivity index (χ1v) is 10.0. The van der Waals surface area contributed by atoms with Crippen LogP contribution in [-0.4, -0.2) is 38.0 Å². The van der Waals surface area contributed by atoms with Crippen LogP contribution in [0.1, 0.15) is 29.2 Å². The molecule has 32 heavy (non-hydrogen) atoms. The molecular weight excluding hydrogens is 411 g/mol. The topological polar surface area (TPSA) is 94.8 Å². The van der Waals surface area contributed by atoms with Crippen LogP contribution in [0.25, 0.3) is 17.2 Å². The van der Waals surface area contributed by atoms with E-state index in [1.165, 1.54) is 16.8 Å². The minimum absolute atomic E-state index is 0.162. The number of nitrogens with zero attached hydrogens (tertiary/aromatic N) is 5. The normalized spacial score (nSPS) is 15.2. The van der Waals surface area contributed by atoms with Crippen molar-refractivity contribution in [1.82, 2.24) is 25.0 Å². The standard InChI is InChI=1S/C23H19FN6O2/c1-13-21-18(14-6-8-16(24)9-7-14)11-20(31)27-22(21)30(29-13)23-26-19(12-25-28-23)15-4-3-5-17(10-15)32-2/h3-10,12,18H,11H2,1-2H3,(H,27,31)/t18-/m1/s1. The molecule has 0 fully saturated rings. The number of nitrogens with one attached hydrogen (secondary N) is 1. The molecule has 2 aromatic carbocycles. The summed E-state index contributed by atoms with van der Waals surface area (Å²) >= 11 is 0. The fourth-order valence-corrected chi connectivity index (χ4v) is 3.98. The number of fused-ring (bicyclic) bond motifs is 1. The van der Waals surface area contributed by atoms with Gasteiger partial charge in [0.2, 0.25) is 5.91 Å². The fourth-order valence-electron chi connectivity index (χ4n) is 3.98. The van der Waals surface area contributed by atoms with E-state index in [4.69, 9.17) is 4.74 Å². The summed E-state index contributed by atoms with van der Waals surface area (Å²) in [6.45, 7) is 1.86. The van der Waals surface area contributed by atoms with Crippen molar-refractivity contribution in [2.75, 3.05) is 12.4 Å². The highest BCUT2D eigenvalue weighted by molar-refractivity contribution is 5.95. The van der Waals surface area contributed by atoms with Gasteiger partial charge in [-0.15, -0.1) is 5.10 Å². The summed E-state index contributed by atoms with van der Waals surface area (Å²) in [4.78, 5) is 17.1. The molecule has 1 aliphatic heterocycles. The van der Waals surface area contributed by atoms with E-state index in [1.54, 1.807) is 25.4 Å². The van der Waals surface area contributed by atoms with Crippen LogP contribution in [0.2, 0.25) is 0 Å². The van der Waals surface area contributed by atoms with Gasteiger partial charge in [0.05, 0.1) is 24.7 Å². The Bertz CT molecular complexity index is 1320. The van der Waals surface area contributed by atoms with Gasteiger partial charge in [0.25, 0.3) is 5.95 Å². The lowest BCUT2D eigenvalue weighted by atomic mass is 9.86. The quantitative estimate of drug-likeness (QED) is 0.531. The smallest absolute Gasteiger partial charge is 0.272 e. The molecule has 3 heterocycles. The van der Waals surface area contributed by atoms with Crippen molar-refractivity contribution in [3.63, 3.8) is 0 Å². The highest BCUT2D eigenvalue weighted by Gasteiger charge is 2.33. The summed E-state index contributed by atoms with van der Waals surface area (Å²) in [6, 6.07) is 13.6. The number of methoxy groups -OCH3 is 1. The number of rotatable bonds is 4. The van der Waals surface area contributed by atoms with Crippen LogP contribution >= 0.6 is 0 Å². The molecule has 1 atom stereocenters. The number of carbonyl (C=O) groups is 1. The second kappa shape index (κ2) is 7.84. The van der Waals surface area contributed by atoms with E-state index in [-0.39, 0.29) is 30.0 Å². The van der Waals surface area contributed by atoms with Crippen LogP contribution < -0.4 is 10.1 Å². The minimum Gasteiger partial charge on any atom is -0.497 e. The number of ether oxygens (including phenoxy) is 1. The second-order valence-corrected chi connectivity index (χ2v) is 7.49. The lowest BCUT2D eigenvalue weighted by Gasteiger charge is -2.24. The van der Waals surface area contributed by atoms with Crippen LogP contribution in [0.3, 0.4) is 0 Å². The van der Waals surface area contributed by atoms with Crippen molar-refractivity contribution in [1.29, 1.82) is 0 Å². The Balaban J connectivity index is 1.60. The molecule has 2 aromatic heterocycles. The molecule has 1 amide bonds. The van der Waals surface area contributed by atoms with Crippen molar-refractivity contribution in [3.8, 4) is 23.0 Å². The maximum atomic E-state index is 13.4. The van der Waals surface area contributed by atoms with Crippen molar-refractivity contribution >= 4 is 11.7 Å². The third kappa shape index (κ3) is 3.47. The summed E-state index contributed by atoms with van der Waals surface area (Å²) < 4.78 is 20.2. The molecule has 0 bridgehead atoms. The second-order valence-electron chi connectivity index (χ2n) is 7.49. The minimum atomic E-state index is -0.324. The Hall–Kier alpha value is -4.14. The molecule has 0 aliphatic carbocycles. The molecule has 1 N–H and O–H groups in total. The van der Waals surface area contributed by atoms with Gasteiger partial charge in [-0.1, -0.05) is 24.3 Å². The van der Waals surface area contributed by atoms with Crippen LogP contribution in [0.15, 0.2) is 54.7 Å². The lowest BCUT2D eigenvalue weighted by molar-refractivity contribution is -0.116. The first-order valence-electron chi connectivity index (χ1n) is 10.0. The summed E-state index contributed by atoms with van der Waals surface area (Å²) in [7, 11) is 1.60. The van der Waals surface area contributed by atoms with Crippen molar-refractivity contribution < 1.29 is 13.9 Å². The van der Waals surface area contributed by atoms with Gasteiger partial charge in [-0.2, -0.15) is 14.9 Å². The van der Waals surface area contributed by atoms with Crippen LogP contribution in [0.4, 0.5) is 10.2 Å². The Morgan fingerprint density at radius 2 is 2.00 bits per heavy atom. The van der Waals surface area contributed by atoms with Gasteiger partial charge in [-0.3, -0.25) is 4.79 Å². The highest BCUT2D eigenvalue weighted by atomic mass is 19.1. The Morgan fingerprint density at radius 1 is 1.19 bits per heavy atom. The SMILES string of the molecule is COc1cccc(-c2cnnc(-n3nc(C)c4c3NC(=O)C[C@@H]4c3ccc(F)cc3)n2)c1. The molecule has 9 heteroatoms. The van der Waals surface area contributed by atoms with Gasteiger partial charge in [0.15, 0.2) is 0 Å². The van der Waals surface area contributed by atoms with Gasteiger partial charge < -0.3 is 10.1 Å². The van der Waals surface area contributed by atoms with Crippen LogP contribution in [0, 0.1) is 12.7 Å². The van der Waals surface area contributed by atoms with E-state index >= 15 is 0 Å². The summed E-state index contributed by atoms with van der Waals surface area (Å²) in [5, 5.41) is 15.7. The predicted octanol–water partition coefficient (Wildman–Crippen LogP) is 3.65. The highest BCUT2D eigenvalue weighted by Crippen LogP contribution is 2.40. The van der Waals surface area contributed by atoms with Crippen LogP contribution in [0.5, 0.6) is 5.75 Å². The molecule has 0 spiro atoms. The van der Waals surface area contributed by atoms with Gasteiger partial charge in [-0.25, -0.2) is 9.37 Å². The zero-order chi connectivity index (χ0) is 22.2. The van der Waals surface area contributed by atoms with Gasteiger partial charge >= 0.3 is 0 Å². The summed E-state index contributed by atoms with van der Waals surface area (Å²) in [5.41, 5.74) is 3.82. The Morgan fingerprint density at radius 3 is 2.78 bits per heavy atom. The van der Waals surface area contributed by atoms with Crippen molar-refractivity contribution in [2.45, 2.75) is 19.3 Å². The molecule has 0 radical (unpaired) electrons. The van der Waals surface area contributed by atoms with Gasteiger partial charge in [0.1, 0.15) is 17.4 Å². The molecule has 8 nitrogen and oxygen atoms in total. The average Bonchev–Trinajstić information content (AvgIpc) is 3.15. The number of aryl methyl sites for hydroxylation is 1. The van der Waals surface area contributed by atoms with E-state index < -0.39 is 0 Å². The van der Waals surface area contributed by atoms with Crippen molar-refractivity contribution in [3.05, 3.63) is 77.4 Å². The summed E-state index contributed by atoms with van der Waals surface area (Å²) in [5.74, 6) is 0.694. The number of amides is 1. The molecule has 4 aromatic rings. The van der Waals surface area contributed by atoms with Gasteiger partial charge in [0, 0.05) is 23.5 Å². The fraction of sp³-hybridized carbons (Fsp3) is 0.174. The van der Waals surface area contributed by atoms with E-state index in [1.807, 2.05) is 31.2 Å². The monoisotopic (exact) mass is 430 g/mol. The number of benzene rings is 2. The maximum Gasteiger partial charge on any atom is 0.272 e. The molecule has 0 unspecified atom stereocenters. The first kappa shape index (κ1) is 19.8. The largest absolute Gasteiger partial charge is 0.497 e. The number of halogens is 1. The number of hydrogen-bond acceptors (Lipinski definition) is 6. The average molecular weight is 430 g/mol. The first-order chi connectivity index (χ1) is 15.5. The Labute approximate surface area is 183 Å². The zero-order valence-corrected chi connectivity index (χ0v) is 17.4. The molecule has 0 saturated heterocycles.